The first-order chi connectivity index (χ1) is 9.67. The van der Waals surface area contributed by atoms with E-state index in [-0.39, 0.29) is 11.9 Å². The number of hydrogen-bond acceptors (Lipinski definition) is 4. The number of hydrogen-bond donors (Lipinski definition) is 1. The van der Waals surface area contributed by atoms with Gasteiger partial charge in [-0.2, -0.15) is 0 Å². The number of amides is 1. The van der Waals surface area contributed by atoms with Gasteiger partial charge in [0, 0.05) is 24.8 Å². The van der Waals surface area contributed by atoms with Crippen LogP contribution in [0.1, 0.15) is 29.5 Å². The van der Waals surface area contributed by atoms with Crippen molar-refractivity contribution in [3.05, 3.63) is 35.7 Å². The first-order valence-corrected chi connectivity index (χ1v) is 6.93. The molecule has 0 spiro atoms. The molecule has 0 fully saturated rings. The summed E-state index contributed by atoms with van der Waals surface area (Å²) in [6.07, 6.45) is 4.84. The minimum Gasteiger partial charge on any atom is -0.491 e. The van der Waals surface area contributed by atoms with Crippen molar-refractivity contribution < 1.29 is 9.53 Å². The second-order valence-corrected chi connectivity index (χ2v) is 4.79. The molecule has 2 N–H and O–H groups in total. The van der Waals surface area contributed by atoms with E-state index in [1.54, 1.807) is 11.0 Å². The predicted molar refractivity (Wildman–Crippen MR) is 77.8 cm³/mol. The maximum Gasteiger partial charge on any atom is 0.276 e. The van der Waals surface area contributed by atoms with Crippen molar-refractivity contribution in [2.24, 2.45) is 5.73 Å². The molecule has 0 aromatic carbocycles. The van der Waals surface area contributed by atoms with Gasteiger partial charge >= 0.3 is 0 Å². The molecular weight excluding hydrogens is 254 g/mol. The van der Waals surface area contributed by atoms with E-state index < -0.39 is 0 Å². The second-order valence-electron chi connectivity index (χ2n) is 4.79. The molecule has 1 aromatic heterocycles. The van der Waals surface area contributed by atoms with Gasteiger partial charge in [-0.25, -0.2) is 4.98 Å². The van der Waals surface area contributed by atoms with E-state index >= 15 is 0 Å². The van der Waals surface area contributed by atoms with Crippen LogP contribution < -0.4 is 10.5 Å². The molecule has 0 saturated heterocycles. The maximum atomic E-state index is 12.7. The summed E-state index contributed by atoms with van der Waals surface area (Å²) >= 11 is 0. The molecule has 5 nitrogen and oxygen atoms in total. The Kier molecular flexibility index (Phi) is 4.74. The van der Waals surface area contributed by atoms with E-state index in [1.807, 2.05) is 26.0 Å². The van der Waals surface area contributed by atoms with Crippen molar-refractivity contribution in [3.63, 3.8) is 0 Å². The second kappa shape index (κ2) is 6.52. The lowest BCUT2D eigenvalue weighted by Crippen LogP contribution is -2.46. The van der Waals surface area contributed by atoms with Crippen LogP contribution in [0, 0.1) is 6.92 Å². The van der Waals surface area contributed by atoms with Crippen LogP contribution in [0.2, 0.25) is 0 Å². The van der Waals surface area contributed by atoms with Crippen LogP contribution in [0.4, 0.5) is 0 Å². The predicted octanol–water partition coefficient (Wildman–Crippen LogP) is 1.52. The largest absolute Gasteiger partial charge is 0.491 e. The fourth-order valence-electron chi connectivity index (χ4n) is 2.30. The number of pyridine rings is 1. The van der Waals surface area contributed by atoms with Gasteiger partial charge in [-0.3, -0.25) is 4.79 Å². The molecule has 1 aliphatic heterocycles. The Labute approximate surface area is 119 Å². The molecule has 0 bridgehead atoms. The molecule has 5 heteroatoms. The first-order valence-electron chi connectivity index (χ1n) is 6.93. The quantitative estimate of drug-likeness (QED) is 0.846. The molecule has 1 aromatic rings. The lowest BCUT2D eigenvalue weighted by atomic mass is 10.1. The van der Waals surface area contributed by atoms with Crippen LogP contribution in [-0.2, 0) is 0 Å². The molecule has 1 atom stereocenters. The van der Waals surface area contributed by atoms with Crippen LogP contribution in [0.3, 0.4) is 0 Å². The Bertz CT molecular complexity index is 514. The fourth-order valence-corrected chi connectivity index (χ4v) is 2.30. The van der Waals surface area contributed by atoms with Crippen LogP contribution >= 0.6 is 0 Å². The molecular formula is C15H21N3O2. The van der Waals surface area contributed by atoms with Crippen LogP contribution in [-0.4, -0.2) is 41.5 Å². The van der Waals surface area contributed by atoms with Gasteiger partial charge in [0.15, 0.2) is 11.4 Å². The normalized spacial score (nSPS) is 18.1. The van der Waals surface area contributed by atoms with Crippen LogP contribution in [0.25, 0.3) is 0 Å². The van der Waals surface area contributed by atoms with Gasteiger partial charge in [0.1, 0.15) is 0 Å². The Morgan fingerprint density at radius 2 is 2.30 bits per heavy atom. The molecule has 1 aliphatic rings. The third-order valence-corrected chi connectivity index (χ3v) is 3.35. The summed E-state index contributed by atoms with van der Waals surface area (Å²) in [5.74, 6) is 0.422. The highest BCUT2D eigenvalue weighted by molar-refractivity contribution is 5.95. The van der Waals surface area contributed by atoms with Gasteiger partial charge in [0.2, 0.25) is 0 Å². The van der Waals surface area contributed by atoms with E-state index in [1.165, 1.54) is 0 Å². The average molecular weight is 275 g/mol. The summed E-state index contributed by atoms with van der Waals surface area (Å²) in [4.78, 5) is 18.8. The Morgan fingerprint density at radius 1 is 1.50 bits per heavy atom. The molecule has 2 heterocycles. The number of aromatic nitrogens is 1. The highest BCUT2D eigenvalue weighted by Crippen LogP contribution is 2.21. The summed E-state index contributed by atoms with van der Waals surface area (Å²) in [5.41, 5.74) is 6.93. The lowest BCUT2D eigenvalue weighted by Gasteiger charge is -2.32. The fraction of sp³-hybridized carbons (Fsp3) is 0.467. The zero-order valence-corrected chi connectivity index (χ0v) is 12.0. The van der Waals surface area contributed by atoms with Crippen molar-refractivity contribution in [1.29, 1.82) is 0 Å². The van der Waals surface area contributed by atoms with E-state index in [4.69, 9.17) is 10.5 Å². The summed E-state index contributed by atoms with van der Waals surface area (Å²) in [6, 6.07) is 3.68. The molecule has 20 heavy (non-hydrogen) atoms. The van der Waals surface area contributed by atoms with E-state index in [2.05, 4.69) is 11.1 Å². The summed E-state index contributed by atoms with van der Waals surface area (Å²) in [5, 5.41) is 0. The first kappa shape index (κ1) is 14.5. The van der Waals surface area contributed by atoms with Crippen molar-refractivity contribution in [3.8, 4) is 5.75 Å². The highest BCUT2D eigenvalue weighted by Gasteiger charge is 2.27. The van der Waals surface area contributed by atoms with Gasteiger partial charge in [-0.05, 0) is 32.4 Å². The maximum absolute atomic E-state index is 12.7. The molecule has 0 radical (unpaired) electrons. The summed E-state index contributed by atoms with van der Waals surface area (Å²) in [7, 11) is 0. The molecule has 0 aliphatic carbocycles. The van der Waals surface area contributed by atoms with Gasteiger partial charge in [0.25, 0.3) is 5.91 Å². The summed E-state index contributed by atoms with van der Waals surface area (Å²) < 4.78 is 5.51. The SMILES string of the molecule is CCOc1ccc(C)nc1C(=O)N1CC=CCC1CN. The monoisotopic (exact) mass is 275 g/mol. The van der Waals surface area contributed by atoms with Crippen LogP contribution in [0.15, 0.2) is 24.3 Å². The van der Waals surface area contributed by atoms with E-state index in [9.17, 15) is 4.79 Å². The number of nitrogens with two attached hydrogens (primary N) is 1. The highest BCUT2D eigenvalue weighted by atomic mass is 16.5. The number of carbonyl (C=O) groups is 1. The van der Waals surface area contributed by atoms with Gasteiger partial charge < -0.3 is 15.4 Å². The lowest BCUT2D eigenvalue weighted by molar-refractivity contribution is 0.0689. The molecule has 0 saturated carbocycles. The van der Waals surface area contributed by atoms with Crippen molar-refractivity contribution in [2.75, 3.05) is 19.7 Å². The van der Waals surface area contributed by atoms with Crippen molar-refractivity contribution in [2.45, 2.75) is 26.3 Å². The Balaban J connectivity index is 2.32. The average Bonchev–Trinajstić information content (AvgIpc) is 2.48. The van der Waals surface area contributed by atoms with Gasteiger partial charge in [-0.15, -0.1) is 0 Å². The zero-order valence-electron chi connectivity index (χ0n) is 12.0. The van der Waals surface area contributed by atoms with Gasteiger partial charge in [-0.1, -0.05) is 12.2 Å². The standard InChI is InChI=1S/C15H21N3O2/c1-3-20-13-8-7-11(2)17-14(13)15(19)18-9-5-4-6-12(18)10-16/h4-5,7-8,12H,3,6,9-10,16H2,1-2H3. The number of rotatable bonds is 4. The Morgan fingerprint density at radius 3 is 3.00 bits per heavy atom. The Hall–Kier alpha value is -1.88. The molecule has 1 unspecified atom stereocenters. The zero-order chi connectivity index (χ0) is 14.5. The molecule has 108 valence electrons. The molecule has 2 rings (SSSR count). The minimum absolute atomic E-state index is 0.0317. The van der Waals surface area contributed by atoms with E-state index in [0.29, 0.717) is 31.1 Å². The number of carbonyl (C=O) groups excluding carboxylic acids is 1. The number of nitrogens with zero attached hydrogens (tertiary/aromatic N) is 2. The van der Waals surface area contributed by atoms with Crippen molar-refractivity contribution in [1.82, 2.24) is 9.88 Å². The van der Waals surface area contributed by atoms with Crippen LogP contribution in [0.5, 0.6) is 5.75 Å². The smallest absolute Gasteiger partial charge is 0.276 e. The van der Waals surface area contributed by atoms with Gasteiger partial charge in [0.05, 0.1) is 6.61 Å². The molecule has 1 amide bonds. The topological polar surface area (TPSA) is 68.5 Å². The van der Waals surface area contributed by atoms with Crippen molar-refractivity contribution >= 4 is 5.91 Å². The third-order valence-electron chi connectivity index (χ3n) is 3.35. The van der Waals surface area contributed by atoms with E-state index in [0.717, 1.165) is 12.1 Å². The third kappa shape index (κ3) is 2.99. The minimum atomic E-state index is -0.114. The summed E-state index contributed by atoms with van der Waals surface area (Å²) in [6.45, 7) is 5.28. The number of ether oxygens (including phenoxy) is 1. The number of aryl methyl sites for hydroxylation is 1.